The van der Waals surface area contributed by atoms with Crippen LogP contribution >= 0.6 is 0 Å². The molecule has 0 spiro atoms. The maximum atomic E-state index is 13.1. The number of Topliss-reactive ketones (excluding diaryl/α,β-unsaturated/α-hetero) is 1. The minimum atomic E-state index is -0.623. The Morgan fingerprint density at radius 3 is 2.24 bits per heavy atom. The van der Waals surface area contributed by atoms with Crippen LogP contribution in [0.15, 0.2) is 96.8 Å². The van der Waals surface area contributed by atoms with Crippen LogP contribution in [0.4, 0.5) is 4.39 Å². The number of fused-ring (bicyclic) bond motifs is 1. The molecule has 4 aromatic carbocycles. The number of ether oxygens (including phenoxy) is 2. The summed E-state index contributed by atoms with van der Waals surface area (Å²) in [5.74, 6) is -0.460. The first-order valence-corrected chi connectivity index (χ1v) is 10.7. The van der Waals surface area contributed by atoms with Gasteiger partial charge in [-0.1, -0.05) is 54.6 Å². The highest BCUT2D eigenvalue weighted by Gasteiger charge is 2.30. The molecule has 1 aliphatic rings. The molecule has 0 radical (unpaired) electrons. The van der Waals surface area contributed by atoms with Gasteiger partial charge in [-0.05, 0) is 66.1 Å². The number of allylic oxidation sites excluding steroid dienone is 1. The lowest BCUT2D eigenvalue weighted by Crippen LogP contribution is -2.09. The van der Waals surface area contributed by atoms with Gasteiger partial charge in [0.2, 0.25) is 5.78 Å². The molecule has 0 fully saturated rings. The number of rotatable bonds is 4. The lowest BCUT2D eigenvalue weighted by atomic mass is 10.0. The SMILES string of the molecule is Cc1c(OC(=O)c2ccc(F)cc2)ccc2c1O/C(=C\c1ccc(-c3ccccc3)cc1)C2=O. The third-order valence-electron chi connectivity index (χ3n) is 5.63. The molecule has 4 aromatic rings. The first-order chi connectivity index (χ1) is 16.5. The molecular weight excluding hydrogens is 431 g/mol. The van der Waals surface area contributed by atoms with Gasteiger partial charge in [-0.3, -0.25) is 4.79 Å². The van der Waals surface area contributed by atoms with E-state index in [0.29, 0.717) is 16.9 Å². The summed E-state index contributed by atoms with van der Waals surface area (Å²) in [5.41, 5.74) is 4.18. The van der Waals surface area contributed by atoms with Crippen LogP contribution in [0, 0.1) is 12.7 Å². The number of halogens is 1. The van der Waals surface area contributed by atoms with Gasteiger partial charge in [-0.25, -0.2) is 9.18 Å². The maximum Gasteiger partial charge on any atom is 0.343 e. The zero-order valence-electron chi connectivity index (χ0n) is 18.2. The number of benzene rings is 4. The molecule has 166 valence electrons. The fraction of sp³-hybridized carbons (Fsp3) is 0.0345. The Balaban J connectivity index is 1.37. The van der Waals surface area contributed by atoms with Crippen molar-refractivity contribution in [2.75, 3.05) is 0 Å². The minimum absolute atomic E-state index is 0.201. The molecule has 0 amide bonds. The molecule has 0 aliphatic carbocycles. The average Bonchev–Trinajstić information content (AvgIpc) is 3.18. The topological polar surface area (TPSA) is 52.6 Å². The monoisotopic (exact) mass is 450 g/mol. The van der Waals surface area contributed by atoms with Gasteiger partial charge in [-0.2, -0.15) is 0 Å². The molecule has 1 aliphatic heterocycles. The van der Waals surface area contributed by atoms with Crippen LogP contribution in [-0.2, 0) is 0 Å². The van der Waals surface area contributed by atoms with Crippen molar-refractivity contribution in [2.45, 2.75) is 6.92 Å². The molecule has 0 saturated heterocycles. The van der Waals surface area contributed by atoms with E-state index >= 15 is 0 Å². The quantitative estimate of drug-likeness (QED) is 0.199. The lowest BCUT2D eigenvalue weighted by Gasteiger charge is -2.10. The average molecular weight is 450 g/mol. The number of esters is 1. The molecule has 0 aromatic heterocycles. The molecular formula is C29H19FO4. The number of hydrogen-bond donors (Lipinski definition) is 0. The largest absolute Gasteiger partial charge is 0.452 e. The van der Waals surface area contributed by atoms with E-state index in [0.717, 1.165) is 16.7 Å². The van der Waals surface area contributed by atoms with E-state index in [-0.39, 0.29) is 22.9 Å². The summed E-state index contributed by atoms with van der Waals surface area (Å²) in [6.07, 6.45) is 1.70. The minimum Gasteiger partial charge on any atom is -0.452 e. The number of hydrogen-bond acceptors (Lipinski definition) is 4. The van der Waals surface area contributed by atoms with Gasteiger partial charge in [0, 0.05) is 5.56 Å². The maximum absolute atomic E-state index is 13.1. The van der Waals surface area contributed by atoms with Crippen LogP contribution in [0.2, 0.25) is 0 Å². The van der Waals surface area contributed by atoms with Crippen LogP contribution in [0.5, 0.6) is 11.5 Å². The summed E-state index contributed by atoms with van der Waals surface area (Å²) in [6.45, 7) is 1.72. The van der Waals surface area contributed by atoms with Crippen LogP contribution in [0.1, 0.15) is 31.8 Å². The highest BCUT2D eigenvalue weighted by atomic mass is 19.1. The van der Waals surface area contributed by atoms with E-state index in [2.05, 4.69) is 0 Å². The lowest BCUT2D eigenvalue weighted by molar-refractivity contribution is 0.0733. The van der Waals surface area contributed by atoms with Crippen molar-refractivity contribution in [3.05, 3.63) is 125 Å². The first kappa shape index (κ1) is 21.3. The standard InChI is InChI=1S/C29H19FO4/c1-18-25(34-29(32)22-11-13-23(30)14-12-22)16-15-24-27(31)26(33-28(18)24)17-19-7-9-21(10-8-19)20-5-3-2-4-6-20/h2-17H,1H3/b26-17-. The van der Waals surface area contributed by atoms with Crippen LogP contribution in [0.3, 0.4) is 0 Å². The predicted octanol–water partition coefficient (Wildman–Crippen LogP) is 6.64. The van der Waals surface area contributed by atoms with Gasteiger partial charge in [0.05, 0.1) is 11.1 Å². The summed E-state index contributed by atoms with van der Waals surface area (Å²) >= 11 is 0. The van der Waals surface area contributed by atoms with E-state index in [1.54, 1.807) is 25.1 Å². The molecule has 0 saturated carbocycles. The fourth-order valence-corrected chi connectivity index (χ4v) is 3.78. The predicted molar refractivity (Wildman–Crippen MR) is 127 cm³/mol. The van der Waals surface area contributed by atoms with E-state index in [4.69, 9.17) is 9.47 Å². The van der Waals surface area contributed by atoms with Crippen molar-refractivity contribution < 1.29 is 23.5 Å². The summed E-state index contributed by atoms with van der Waals surface area (Å²) in [4.78, 5) is 25.3. The van der Waals surface area contributed by atoms with Crippen molar-refractivity contribution in [1.82, 2.24) is 0 Å². The van der Waals surface area contributed by atoms with Gasteiger partial charge < -0.3 is 9.47 Å². The smallest absolute Gasteiger partial charge is 0.343 e. The molecule has 0 bridgehead atoms. The summed E-state index contributed by atoms with van der Waals surface area (Å²) in [7, 11) is 0. The molecule has 0 N–H and O–H groups in total. The van der Waals surface area contributed by atoms with Gasteiger partial charge >= 0.3 is 5.97 Å². The molecule has 0 unspecified atom stereocenters. The summed E-state index contributed by atoms with van der Waals surface area (Å²) < 4.78 is 24.5. The Kier molecular flexibility index (Phi) is 5.52. The Morgan fingerprint density at radius 2 is 1.53 bits per heavy atom. The Labute approximate surface area is 195 Å². The molecule has 5 rings (SSSR count). The van der Waals surface area contributed by atoms with Gasteiger partial charge in [0.1, 0.15) is 17.3 Å². The second-order valence-corrected chi connectivity index (χ2v) is 7.89. The molecule has 34 heavy (non-hydrogen) atoms. The fourth-order valence-electron chi connectivity index (χ4n) is 3.78. The molecule has 4 nitrogen and oxygen atoms in total. The third-order valence-corrected chi connectivity index (χ3v) is 5.63. The van der Waals surface area contributed by atoms with Crippen molar-refractivity contribution in [1.29, 1.82) is 0 Å². The van der Waals surface area contributed by atoms with E-state index in [9.17, 15) is 14.0 Å². The molecule has 5 heteroatoms. The van der Waals surface area contributed by atoms with Crippen molar-refractivity contribution in [3.8, 4) is 22.6 Å². The second-order valence-electron chi connectivity index (χ2n) is 7.89. The third kappa shape index (κ3) is 4.11. The zero-order chi connectivity index (χ0) is 23.7. The van der Waals surface area contributed by atoms with Crippen molar-refractivity contribution >= 4 is 17.8 Å². The first-order valence-electron chi connectivity index (χ1n) is 10.7. The van der Waals surface area contributed by atoms with Gasteiger partial charge in [0.15, 0.2) is 5.76 Å². The number of carbonyl (C=O) groups is 2. The van der Waals surface area contributed by atoms with Crippen molar-refractivity contribution in [3.63, 3.8) is 0 Å². The Morgan fingerprint density at radius 1 is 0.853 bits per heavy atom. The Bertz CT molecular complexity index is 1420. The van der Waals surface area contributed by atoms with Crippen LogP contribution in [0.25, 0.3) is 17.2 Å². The van der Waals surface area contributed by atoms with Crippen molar-refractivity contribution in [2.24, 2.45) is 0 Å². The molecule has 1 heterocycles. The van der Waals surface area contributed by atoms with Gasteiger partial charge in [-0.15, -0.1) is 0 Å². The number of carbonyl (C=O) groups excluding carboxylic acids is 2. The zero-order valence-corrected chi connectivity index (χ0v) is 18.2. The Hall–Kier alpha value is -4.51. The molecule has 0 atom stereocenters. The second kappa shape index (κ2) is 8.79. The summed E-state index contributed by atoms with van der Waals surface area (Å²) in [6, 6.07) is 26.1. The van der Waals surface area contributed by atoms with Gasteiger partial charge in [0.25, 0.3) is 0 Å². The normalized spacial score (nSPS) is 13.5. The van der Waals surface area contributed by atoms with Crippen LogP contribution < -0.4 is 9.47 Å². The van der Waals surface area contributed by atoms with E-state index in [1.165, 1.54) is 24.3 Å². The number of ketones is 1. The highest BCUT2D eigenvalue weighted by molar-refractivity contribution is 6.15. The van der Waals surface area contributed by atoms with E-state index < -0.39 is 11.8 Å². The highest BCUT2D eigenvalue weighted by Crippen LogP contribution is 2.39. The summed E-state index contributed by atoms with van der Waals surface area (Å²) in [5, 5.41) is 0. The van der Waals surface area contributed by atoms with E-state index in [1.807, 2.05) is 54.6 Å². The van der Waals surface area contributed by atoms with Crippen LogP contribution in [-0.4, -0.2) is 11.8 Å².